The smallest absolute Gasteiger partial charge is 0.191 e. The molecule has 194 valence electrons. The fourth-order valence-corrected chi connectivity index (χ4v) is 6.28. The summed E-state index contributed by atoms with van der Waals surface area (Å²) in [6.07, 6.45) is 11.7. The number of nitrogens with one attached hydrogen (secondary N) is 1. The second-order valence-electron chi connectivity index (χ2n) is 10.4. The SMILES string of the molecule is CCC1CC[NH+](Cc2cc(C(O)(c3ccccc3)C3CCCCC3)no2)CC1.CSc1ccccc1. The molecule has 1 atom stereocenters. The molecule has 36 heavy (non-hydrogen) atoms. The molecule has 1 saturated heterocycles. The molecule has 1 aromatic heterocycles. The van der Waals surface area contributed by atoms with Crippen LogP contribution in [0.5, 0.6) is 0 Å². The molecule has 0 spiro atoms. The van der Waals surface area contributed by atoms with Gasteiger partial charge < -0.3 is 14.5 Å². The van der Waals surface area contributed by atoms with Crippen molar-refractivity contribution in [1.29, 1.82) is 0 Å². The van der Waals surface area contributed by atoms with Crippen LogP contribution in [0.4, 0.5) is 0 Å². The quantitative estimate of drug-likeness (QED) is 0.379. The van der Waals surface area contributed by atoms with Gasteiger partial charge in [0.1, 0.15) is 17.8 Å². The van der Waals surface area contributed by atoms with Gasteiger partial charge in [-0.15, -0.1) is 11.8 Å². The molecule has 1 unspecified atom stereocenters. The molecule has 5 rings (SSSR count). The first-order valence-electron chi connectivity index (χ1n) is 13.8. The predicted octanol–water partition coefficient (Wildman–Crippen LogP) is 6.10. The van der Waals surface area contributed by atoms with E-state index in [0.717, 1.165) is 36.6 Å². The average molecular weight is 508 g/mol. The fraction of sp³-hybridized carbons (Fsp3) is 0.516. The summed E-state index contributed by atoms with van der Waals surface area (Å²) in [6, 6.07) is 22.4. The number of nitrogens with zero attached hydrogens (tertiary/aromatic N) is 1. The predicted molar refractivity (Wildman–Crippen MR) is 148 cm³/mol. The Balaban J connectivity index is 0.000000325. The van der Waals surface area contributed by atoms with E-state index in [1.54, 1.807) is 16.7 Å². The minimum atomic E-state index is -1.05. The number of hydrogen-bond donors (Lipinski definition) is 2. The molecule has 1 aliphatic heterocycles. The van der Waals surface area contributed by atoms with Crippen molar-refractivity contribution in [2.24, 2.45) is 11.8 Å². The van der Waals surface area contributed by atoms with Crippen molar-refractivity contribution < 1.29 is 14.5 Å². The Morgan fingerprint density at radius 3 is 2.17 bits per heavy atom. The molecule has 1 saturated carbocycles. The van der Waals surface area contributed by atoms with Crippen LogP contribution in [-0.2, 0) is 12.1 Å². The van der Waals surface area contributed by atoms with E-state index in [1.807, 2.05) is 54.6 Å². The van der Waals surface area contributed by atoms with E-state index in [-0.39, 0.29) is 5.92 Å². The molecule has 2 heterocycles. The molecule has 4 nitrogen and oxygen atoms in total. The van der Waals surface area contributed by atoms with Gasteiger partial charge in [-0.1, -0.05) is 86.3 Å². The number of aromatic nitrogens is 1. The highest BCUT2D eigenvalue weighted by Gasteiger charge is 2.43. The summed E-state index contributed by atoms with van der Waals surface area (Å²) in [4.78, 5) is 2.90. The zero-order valence-electron chi connectivity index (χ0n) is 22.0. The lowest BCUT2D eigenvalue weighted by Crippen LogP contribution is -3.11. The van der Waals surface area contributed by atoms with Gasteiger partial charge in [-0.3, -0.25) is 0 Å². The van der Waals surface area contributed by atoms with Crippen molar-refractivity contribution in [2.75, 3.05) is 19.3 Å². The molecule has 0 radical (unpaired) electrons. The summed E-state index contributed by atoms with van der Waals surface area (Å²) in [7, 11) is 0. The molecule has 2 N–H and O–H groups in total. The third-order valence-electron chi connectivity index (χ3n) is 8.15. The summed E-state index contributed by atoms with van der Waals surface area (Å²) in [6.45, 7) is 5.59. The molecule has 5 heteroatoms. The van der Waals surface area contributed by atoms with Crippen LogP contribution in [0.1, 0.15) is 75.3 Å². The third-order valence-corrected chi connectivity index (χ3v) is 8.90. The molecule has 1 aliphatic carbocycles. The molecule has 2 aliphatic rings. The number of aliphatic hydroxyl groups is 1. The number of piperidine rings is 1. The molecule has 3 aromatic rings. The zero-order chi connectivity index (χ0) is 25.2. The molecule has 2 fully saturated rings. The Hall–Kier alpha value is -2.08. The fourth-order valence-electron chi connectivity index (χ4n) is 5.86. The van der Waals surface area contributed by atoms with Crippen LogP contribution in [0.3, 0.4) is 0 Å². The van der Waals surface area contributed by atoms with Crippen molar-refractivity contribution in [3.63, 3.8) is 0 Å². The standard InChI is InChI=1S/C24H34N2O2.C7H8S/c1-2-19-13-15-26(16-14-19)18-22-17-23(25-28-22)24(27,20-9-5-3-6-10-20)21-11-7-4-8-12-21;1-8-7-5-3-2-4-6-7/h3,5-6,9-10,17,19,21,27H,2,4,7-8,11-16,18H2,1H3;2-6H,1H3/p+1. The highest BCUT2D eigenvalue weighted by atomic mass is 32.2. The number of hydrogen-bond acceptors (Lipinski definition) is 4. The first-order chi connectivity index (χ1) is 17.6. The average Bonchev–Trinajstić information content (AvgIpc) is 3.43. The second-order valence-corrected chi connectivity index (χ2v) is 11.3. The highest BCUT2D eigenvalue weighted by molar-refractivity contribution is 7.98. The van der Waals surface area contributed by atoms with Crippen LogP contribution >= 0.6 is 11.8 Å². The largest absolute Gasteiger partial charge is 0.378 e. The lowest BCUT2D eigenvalue weighted by molar-refractivity contribution is -0.920. The maximum absolute atomic E-state index is 11.9. The first kappa shape index (κ1) is 27.0. The topological polar surface area (TPSA) is 50.7 Å². The minimum absolute atomic E-state index is 0.203. The van der Waals surface area contributed by atoms with Crippen molar-refractivity contribution in [1.82, 2.24) is 5.16 Å². The Labute approximate surface area is 221 Å². The van der Waals surface area contributed by atoms with Crippen LogP contribution in [-0.4, -0.2) is 29.6 Å². The lowest BCUT2D eigenvalue weighted by atomic mass is 9.71. The number of quaternary nitrogens is 1. The minimum Gasteiger partial charge on any atom is -0.378 e. The van der Waals surface area contributed by atoms with E-state index >= 15 is 0 Å². The van der Waals surface area contributed by atoms with Crippen molar-refractivity contribution in [3.05, 3.63) is 83.7 Å². The van der Waals surface area contributed by atoms with Gasteiger partial charge in [0.2, 0.25) is 0 Å². The van der Waals surface area contributed by atoms with Crippen LogP contribution in [0.2, 0.25) is 0 Å². The van der Waals surface area contributed by atoms with E-state index < -0.39 is 5.60 Å². The zero-order valence-corrected chi connectivity index (χ0v) is 22.8. The molecular weight excluding hydrogens is 464 g/mol. The summed E-state index contributed by atoms with van der Waals surface area (Å²) in [5.41, 5.74) is 0.592. The Morgan fingerprint density at radius 1 is 0.944 bits per heavy atom. The van der Waals surface area contributed by atoms with Crippen molar-refractivity contribution in [3.8, 4) is 0 Å². The summed E-state index contributed by atoms with van der Waals surface area (Å²) < 4.78 is 5.75. The number of thioether (sulfide) groups is 1. The van der Waals surface area contributed by atoms with E-state index in [4.69, 9.17) is 4.52 Å². The van der Waals surface area contributed by atoms with Crippen LogP contribution in [0, 0.1) is 11.8 Å². The maximum atomic E-state index is 11.9. The van der Waals surface area contributed by atoms with E-state index in [1.165, 1.54) is 56.5 Å². The van der Waals surface area contributed by atoms with Crippen molar-refractivity contribution >= 4 is 11.8 Å². The molecule has 0 amide bonds. The Bertz CT molecular complexity index is 1010. The van der Waals surface area contributed by atoms with Gasteiger partial charge in [0.05, 0.1) is 13.1 Å². The van der Waals surface area contributed by atoms with Gasteiger partial charge in [0.25, 0.3) is 0 Å². The molecule has 2 aromatic carbocycles. The van der Waals surface area contributed by atoms with E-state index in [0.29, 0.717) is 5.69 Å². The number of benzene rings is 2. The van der Waals surface area contributed by atoms with E-state index in [9.17, 15) is 5.11 Å². The van der Waals surface area contributed by atoms with Crippen LogP contribution in [0.25, 0.3) is 0 Å². The Kier molecular flexibility index (Phi) is 10.1. The third kappa shape index (κ3) is 6.81. The van der Waals surface area contributed by atoms with Gasteiger partial charge in [-0.2, -0.15) is 0 Å². The first-order valence-corrected chi connectivity index (χ1v) is 15.0. The Morgan fingerprint density at radius 2 is 1.58 bits per heavy atom. The summed E-state index contributed by atoms with van der Waals surface area (Å²) >= 11 is 1.77. The second kappa shape index (κ2) is 13.5. The van der Waals surface area contributed by atoms with Crippen LogP contribution < -0.4 is 4.90 Å². The van der Waals surface area contributed by atoms with E-state index in [2.05, 4.69) is 30.5 Å². The summed E-state index contributed by atoms with van der Waals surface area (Å²) in [5, 5.41) is 16.3. The highest BCUT2D eigenvalue weighted by Crippen LogP contribution is 2.43. The van der Waals surface area contributed by atoms with Crippen LogP contribution in [0.15, 0.2) is 76.1 Å². The number of likely N-dealkylation sites (tertiary alicyclic amines) is 1. The van der Waals surface area contributed by atoms with Gasteiger partial charge in [-0.05, 0) is 61.5 Å². The monoisotopic (exact) mass is 507 g/mol. The lowest BCUT2D eigenvalue weighted by Gasteiger charge is -2.37. The summed E-state index contributed by atoms with van der Waals surface area (Å²) in [5.74, 6) is 2.00. The van der Waals surface area contributed by atoms with Crippen molar-refractivity contribution in [2.45, 2.75) is 75.3 Å². The molecular formula is C31H43N2O2S+. The number of rotatable bonds is 7. The van der Waals surface area contributed by atoms with Gasteiger partial charge in [0.15, 0.2) is 5.76 Å². The van der Waals surface area contributed by atoms with Gasteiger partial charge >= 0.3 is 0 Å². The normalized spacial score (nSPS) is 22.3. The van der Waals surface area contributed by atoms with Gasteiger partial charge in [-0.25, -0.2) is 0 Å². The maximum Gasteiger partial charge on any atom is 0.191 e. The van der Waals surface area contributed by atoms with Gasteiger partial charge in [0, 0.05) is 11.0 Å². The molecule has 0 bridgehead atoms.